The molecule has 0 saturated heterocycles. The maximum atomic E-state index is 11.7. The van der Waals surface area contributed by atoms with E-state index in [9.17, 15) is 8.42 Å². The fourth-order valence-corrected chi connectivity index (χ4v) is 3.10. The molecule has 0 spiro atoms. The Morgan fingerprint density at radius 3 is 2.65 bits per heavy atom. The molecule has 0 aromatic carbocycles. The summed E-state index contributed by atoms with van der Waals surface area (Å²) in [6, 6.07) is 1.71. The summed E-state index contributed by atoms with van der Waals surface area (Å²) >= 11 is 0. The van der Waals surface area contributed by atoms with Crippen LogP contribution in [0.3, 0.4) is 0 Å². The molecule has 1 aromatic rings. The zero-order valence-electron chi connectivity index (χ0n) is 10.6. The Kier molecular flexibility index (Phi) is 4.70. The molecule has 1 aromatic heterocycles. The van der Waals surface area contributed by atoms with Crippen molar-refractivity contribution in [3.63, 3.8) is 0 Å². The van der Waals surface area contributed by atoms with Gasteiger partial charge in [-0.1, -0.05) is 6.92 Å². The van der Waals surface area contributed by atoms with Crippen molar-refractivity contribution in [1.82, 2.24) is 9.78 Å². The van der Waals surface area contributed by atoms with E-state index < -0.39 is 9.84 Å². The third-order valence-corrected chi connectivity index (χ3v) is 4.36. The van der Waals surface area contributed by atoms with E-state index in [0.29, 0.717) is 11.7 Å². The molecule has 0 saturated carbocycles. The Morgan fingerprint density at radius 2 is 2.12 bits per heavy atom. The number of hydrogen-bond acceptors (Lipinski definition) is 4. The lowest BCUT2D eigenvalue weighted by Crippen LogP contribution is -2.27. The van der Waals surface area contributed by atoms with Crippen LogP contribution in [0, 0.1) is 0 Å². The number of rotatable bonds is 6. The Hall–Kier alpha value is -0.880. The Labute approximate surface area is 103 Å². The van der Waals surface area contributed by atoms with Gasteiger partial charge in [-0.25, -0.2) is 8.42 Å². The number of hydrogen-bond donors (Lipinski definition) is 1. The smallest absolute Gasteiger partial charge is 0.157 e. The molecule has 2 unspecified atom stereocenters. The first kappa shape index (κ1) is 14.2. The fraction of sp³-hybridized carbons (Fsp3) is 0.727. The van der Waals surface area contributed by atoms with Crippen molar-refractivity contribution < 1.29 is 8.42 Å². The topological polar surface area (TPSA) is 78.0 Å². The van der Waals surface area contributed by atoms with Gasteiger partial charge in [-0.05, 0) is 26.3 Å². The molecule has 98 valence electrons. The number of sulfone groups is 1. The maximum Gasteiger partial charge on any atom is 0.157 e. The molecular formula is C11H21N3O2S. The van der Waals surface area contributed by atoms with Gasteiger partial charge in [0.15, 0.2) is 9.84 Å². The first-order valence-electron chi connectivity index (χ1n) is 5.84. The summed E-state index contributed by atoms with van der Waals surface area (Å²) in [7, 11) is -3.15. The molecule has 17 heavy (non-hydrogen) atoms. The predicted octanol–water partition coefficient (Wildman–Crippen LogP) is 1.12. The molecule has 2 atom stereocenters. The minimum Gasteiger partial charge on any atom is -0.327 e. The van der Waals surface area contributed by atoms with E-state index in [1.165, 1.54) is 0 Å². The van der Waals surface area contributed by atoms with Crippen LogP contribution in [0.2, 0.25) is 0 Å². The molecule has 0 fully saturated rings. The average molecular weight is 259 g/mol. The van der Waals surface area contributed by atoms with Crippen molar-refractivity contribution in [2.45, 2.75) is 45.0 Å². The third kappa shape index (κ3) is 4.47. The zero-order valence-corrected chi connectivity index (χ0v) is 11.4. The van der Waals surface area contributed by atoms with Crippen LogP contribution >= 0.6 is 0 Å². The maximum absolute atomic E-state index is 11.7. The van der Waals surface area contributed by atoms with Crippen molar-refractivity contribution in [2.24, 2.45) is 5.73 Å². The zero-order chi connectivity index (χ0) is 13.1. The molecular weight excluding hydrogens is 238 g/mol. The Morgan fingerprint density at radius 1 is 1.47 bits per heavy atom. The lowest BCUT2D eigenvalue weighted by molar-refractivity contribution is 0.474. The second-order valence-electron chi connectivity index (χ2n) is 4.58. The number of nitrogens with two attached hydrogens (primary N) is 1. The minimum atomic E-state index is -3.15. The van der Waals surface area contributed by atoms with E-state index in [4.69, 9.17) is 5.73 Å². The predicted molar refractivity (Wildman–Crippen MR) is 68.4 cm³/mol. The highest BCUT2D eigenvalue weighted by Crippen LogP contribution is 2.11. The molecule has 1 heterocycles. The van der Waals surface area contributed by atoms with Gasteiger partial charge in [0, 0.05) is 18.3 Å². The first-order chi connectivity index (χ1) is 7.84. The molecule has 0 bridgehead atoms. The van der Waals surface area contributed by atoms with Crippen LogP contribution in [-0.2, 0) is 15.6 Å². The van der Waals surface area contributed by atoms with Crippen LogP contribution in [0.15, 0.2) is 12.3 Å². The molecule has 1 rings (SSSR count). The quantitative estimate of drug-likeness (QED) is 0.830. The summed E-state index contributed by atoms with van der Waals surface area (Å²) in [5, 5.41) is 4.27. The monoisotopic (exact) mass is 259 g/mol. The van der Waals surface area contributed by atoms with Gasteiger partial charge in [-0.3, -0.25) is 4.68 Å². The van der Waals surface area contributed by atoms with Crippen LogP contribution in [0.5, 0.6) is 0 Å². The highest BCUT2D eigenvalue weighted by Gasteiger charge is 2.16. The lowest BCUT2D eigenvalue weighted by Gasteiger charge is -2.08. The molecule has 0 aliphatic rings. The summed E-state index contributed by atoms with van der Waals surface area (Å²) in [4.78, 5) is 0. The van der Waals surface area contributed by atoms with Crippen molar-refractivity contribution in [3.8, 4) is 0 Å². The normalized spacial score (nSPS) is 15.8. The van der Waals surface area contributed by atoms with E-state index in [0.717, 1.165) is 6.42 Å². The van der Waals surface area contributed by atoms with Crippen LogP contribution in [0.1, 0.15) is 38.9 Å². The largest absolute Gasteiger partial charge is 0.327 e. The van der Waals surface area contributed by atoms with Crippen molar-refractivity contribution >= 4 is 9.84 Å². The van der Waals surface area contributed by atoms with Crippen LogP contribution in [0.4, 0.5) is 0 Å². The molecule has 5 nitrogen and oxygen atoms in total. The van der Waals surface area contributed by atoms with Gasteiger partial charge in [0.25, 0.3) is 0 Å². The van der Waals surface area contributed by atoms with Gasteiger partial charge in [0.2, 0.25) is 0 Å². The van der Waals surface area contributed by atoms with E-state index in [-0.39, 0.29) is 17.5 Å². The van der Waals surface area contributed by atoms with Gasteiger partial charge in [-0.2, -0.15) is 5.10 Å². The third-order valence-electron chi connectivity index (χ3n) is 2.59. The second kappa shape index (κ2) is 5.64. The van der Waals surface area contributed by atoms with E-state index in [1.54, 1.807) is 17.7 Å². The summed E-state index contributed by atoms with van der Waals surface area (Å²) in [5.41, 5.74) is 6.09. The highest BCUT2D eigenvalue weighted by atomic mass is 32.2. The van der Waals surface area contributed by atoms with Gasteiger partial charge in [0.05, 0.1) is 17.2 Å². The van der Waals surface area contributed by atoms with Crippen LogP contribution < -0.4 is 5.73 Å². The van der Waals surface area contributed by atoms with Crippen molar-refractivity contribution in [2.75, 3.05) is 5.75 Å². The molecule has 0 aliphatic heterocycles. The number of nitrogens with zero attached hydrogens (tertiary/aromatic N) is 2. The fourth-order valence-electron chi connectivity index (χ4n) is 1.57. The highest BCUT2D eigenvalue weighted by molar-refractivity contribution is 7.90. The minimum absolute atomic E-state index is 0.00317. The SMILES string of the molecule is CCC(C)n1ccc(CS(=O)(=O)CC(C)N)n1. The Balaban J connectivity index is 2.73. The van der Waals surface area contributed by atoms with Gasteiger partial charge >= 0.3 is 0 Å². The standard InChI is InChI=1S/C11H21N3O2S/c1-4-10(3)14-6-5-11(13-14)8-17(15,16)7-9(2)12/h5-6,9-10H,4,7-8,12H2,1-3H3. The summed E-state index contributed by atoms with van der Waals surface area (Å²) in [5.74, 6) is -0.0266. The number of aromatic nitrogens is 2. The van der Waals surface area contributed by atoms with Crippen molar-refractivity contribution in [1.29, 1.82) is 0 Å². The molecule has 0 aliphatic carbocycles. The van der Waals surface area contributed by atoms with Crippen LogP contribution in [0.25, 0.3) is 0 Å². The second-order valence-corrected chi connectivity index (χ2v) is 6.69. The van der Waals surface area contributed by atoms with E-state index >= 15 is 0 Å². The lowest BCUT2D eigenvalue weighted by atomic mass is 10.3. The van der Waals surface area contributed by atoms with E-state index in [2.05, 4.69) is 12.0 Å². The van der Waals surface area contributed by atoms with E-state index in [1.807, 2.05) is 13.1 Å². The molecule has 2 N–H and O–H groups in total. The van der Waals surface area contributed by atoms with Gasteiger partial charge in [0.1, 0.15) is 0 Å². The van der Waals surface area contributed by atoms with Crippen LogP contribution in [-0.4, -0.2) is 30.0 Å². The van der Waals surface area contributed by atoms with Gasteiger partial charge in [-0.15, -0.1) is 0 Å². The average Bonchev–Trinajstić information content (AvgIpc) is 2.61. The first-order valence-corrected chi connectivity index (χ1v) is 7.66. The molecule has 0 amide bonds. The summed E-state index contributed by atoms with van der Waals surface area (Å²) in [6.45, 7) is 5.81. The van der Waals surface area contributed by atoms with Crippen molar-refractivity contribution in [3.05, 3.63) is 18.0 Å². The summed E-state index contributed by atoms with van der Waals surface area (Å²) in [6.07, 6.45) is 2.79. The molecule has 0 radical (unpaired) electrons. The molecule has 6 heteroatoms. The summed E-state index contributed by atoms with van der Waals surface area (Å²) < 4.78 is 25.3. The van der Waals surface area contributed by atoms with Gasteiger partial charge < -0.3 is 5.73 Å². The Bertz CT molecular complexity index is 451.